The quantitative estimate of drug-likeness (QED) is 0.550. The van der Waals surface area contributed by atoms with E-state index in [-0.39, 0.29) is 41.0 Å². The third kappa shape index (κ3) is 4.74. The molecule has 0 N–H and O–H groups in total. The fourth-order valence-electron chi connectivity index (χ4n) is 4.42. The van der Waals surface area contributed by atoms with Crippen molar-refractivity contribution in [1.82, 2.24) is 9.88 Å². The molecule has 2 saturated heterocycles. The minimum absolute atomic E-state index is 0.0242. The molecule has 3 heterocycles. The molecule has 9 heteroatoms. The van der Waals surface area contributed by atoms with Gasteiger partial charge >= 0.3 is 6.18 Å². The van der Waals surface area contributed by atoms with Crippen LogP contribution in [0.4, 0.5) is 13.2 Å². The second-order valence-electron chi connectivity index (χ2n) is 10.7. The van der Waals surface area contributed by atoms with E-state index in [0.29, 0.717) is 25.3 Å². The van der Waals surface area contributed by atoms with E-state index in [1.165, 1.54) is 12.3 Å². The summed E-state index contributed by atoms with van der Waals surface area (Å²) in [6, 6.07) is 1.31. The first kappa shape index (κ1) is 24.0. The van der Waals surface area contributed by atoms with Gasteiger partial charge in [-0.05, 0) is 37.5 Å². The predicted octanol–water partition coefficient (Wildman–Crippen LogP) is 4.53. The van der Waals surface area contributed by atoms with Crippen LogP contribution in [0.2, 0.25) is 0 Å². The lowest BCUT2D eigenvalue weighted by molar-refractivity contribution is -0.204. The van der Waals surface area contributed by atoms with Crippen LogP contribution in [0.1, 0.15) is 75.3 Å². The first-order chi connectivity index (χ1) is 15.3. The van der Waals surface area contributed by atoms with Crippen LogP contribution < -0.4 is 4.74 Å². The van der Waals surface area contributed by atoms with E-state index in [2.05, 4.69) is 4.98 Å². The molecule has 2 aliphatic heterocycles. The zero-order valence-corrected chi connectivity index (χ0v) is 19.5. The van der Waals surface area contributed by atoms with E-state index < -0.39 is 23.6 Å². The highest BCUT2D eigenvalue weighted by Crippen LogP contribution is 2.45. The van der Waals surface area contributed by atoms with E-state index in [1.54, 1.807) is 0 Å². The first-order valence-corrected chi connectivity index (χ1v) is 11.5. The van der Waals surface area contributed by atoms with Crippen LogP contribution in [0.3, 0.4) is 0 Å². The molecule has 3 aliphatic rings. The molecule has 3 fully saturated rings. The minimum Gasteiger partial charge on any atom is -0.481 e. The average Bonchev–Trinajstić information content (AvgIpc) is 3.47. The van der Waals surface area contributed by atoms with Crippen LogP contribution in [0.5, 0.6) is 5.75 Å². The average molecular weight is 469 g/mol. The van der Waals surface area contributed by atoms with E-state index in [0.717, 1.165) is 26.2 Å². The molecule has 1 aliphatic carbocycles. The van der Waals surface area contributed by atoms with Crippen LogP contribution in [0, 0.1) is 11.3 Å². The first-order valence-electron chi connectivity index (χ1n) is 11.5. The molecule has 1 aromatic rings. The summed E-state index contributed by atoms with van der Waals surface area (Å²) in [6.45, 7) is 8.36. The fourth-order valence-corrected chi connectivity index (χ4v) is 4.42. The number of carbonyl (C=O) groups is 2. The van der Waals surface area contributed by atoms with Crippen molar-refractivity contribution in [1.29, 1.82) is 0 Å². The molecule has 0 bridgehead atoms. The molecular formula is C24H31F3N2O4. The fraction of sp³-hybridized carbons (Fsp3) is 0.708. The Hall–Kier alpha value is -2.16. The van der Waals surface area contributed by atoms with Crippen LogP contribution in [-0.2, 0) is 9.53 Å². The maximum Gasteiger partial charge on any atom is 0.425 e. The Bertz CT molecular complexity index is 927. The van der Waals surface area contributed by atoms with Gasteiger partial charge in [0.1, 0.15) is 11.4 Å². The number of pyridine rings is 1. The molecule has 1 saturated carbocycles. The number of hydrogen-bond donors (Lipinski definition) is 0. The monoisotopic (exact) mass is 468 g/mol. The van der Waals surface area contributed by atoms with Crippen LogP contribution in [0.15, 0.2) is 12.3 Å². The molecule has 1 spiro atoms. The van der Waals surface area contributed by atoms with Crippen molar-refractivity contribution in [2.24, 2.45) is 11.3 Å². The lowest BCUT2D eigenvalue weighted by atomic mass is 9.73. The van der Waals surface area contributed by atoms with Crippen molar-refractivity contribution in [3.8, 4) is 5.75 Å². The largest absolute Gasteiger partial charge is 0.481 e. The van der Waals surface area contributed by atoms with Gasteiger partial charge in [0.05, 0.1) is 24.7 Å². The van der Waals surface area contributed by atoms with Gasteiger partial charge in [0.15, 0.2) is 11.9 Å². The standard InChI is InChI=1S/C24H31F3N2O4/c1-14(24(25,26)27)33-20-10-18(28-11-16(20)15-5-6-15)19(30)9-17(22(2,3)4)21(31)29-8-7-23(29)12-32-13-23/h10-11,14-15,17H,5-9,12-13H2,1-4H3/t14-,17?/m0/s1. The minimum atomic E-state index is -4.52. The third-order valence-corrected chi connectivity index (χ3v) is 7.08. The SMILES string of the molecule is C[C@H](Oc1cc(C(=O)CC(C(=O)N2CCC23COC3)C(C)(C)C)ncc1C1CC1)C(F)(F)F. The Labute approximate surface area is 191 Å². The number of ketones is 1. The van der Waals surface area contributed by atoms with Crippen molar-refractivity contribution in [2.45, 2.75) is 77.1 Å². The van der Waals surface area contributed by atoms with Crippen LogP contribution >= 0.6 is 0 Å². The molecule has 182 valence electrons. The Morgan fingerprint density at radius 1 is 1.27 bits per heavy atom. The molecule has 2 atom stereocenters. The number of Topliss-reactive ketones (excluding diaryl/α,β-unsaturated/α-hetero) is 1. The summed E-state index contributed by atoms with van der Waals surface area (Å²) in [5.74, 6) is -0.885. The van der Waals surface area contributed by atoms with E-state index in [9.17, 15) is 22.8 Å². The van der Waals surface area contributed by atoms with Crippen molar-refractivity contribution in [3.63, 3.8) is 0 Å². The van der Waals surface area contributed by atoms with Gasteiger partial charge in [0, 0.05) is 30.8 Å². The van der Waals surface area contributed by atoms with Crippen LogP contribution in [0.25, 0.3) is 0 Å². The van der Waals surface area contributed by atoms with Gasteiger partial charge in [0.25, 0.3) is 0 Å². The summed E-state index contributed by atoms with van der Waals surface area (Å²) in [4.78, 5) is 32.6. The highest BCUT2D eigenvalue weighted by Gasteiger charge is 2.55. The lowest BCUT2D eigenvalue weighted by Crippen LogP contribution is -2.73. The molecule has 6 nitrogen and oxygen atoms in total. The number of halogens is 3. The normalized spacial score (nSPS) is 21.7. The zero-order chi connectivity index (χ0) is 24.2. The summed E-state index contributed by atoms with van der Waals surface area (Å²) >= 11 is 0. The predicted molar refractivity (Wildman–Crippen MR) is 114 cm³/mol. The van der Waals surface area contributed by atoms with E-state index >= 15 is 0 Å². The van der Waals surface area contributed by atoms with Crippen molar-refractivity contribution < 1.29 is 32.2 Å². The number of nitrogens with zero attached hydrogens (tertiary/aromatic N) is 2. The molecule has 1 aromatic heterocycles. The van der Waals surface area contributed by atoms with Gasteiger partial charge in [0.2, 0.25) is 5.91 Å². The summed E-state index contributed by atoms with van der Waals surface area (Å²) in [7, 11) is 0. The number of rotatable bonds is 7. The van der Waals surface area contributed by atoms with Gasteiger partial charge in [-0.2, -0.15) is 13.2 Å². The van der Waals surface area contributed by atoms with Crippen molar-refractivity contribution in [2.75, 3.05) is 19.8 Å². The highest BCUT2D eigenvalue weighted by atomic mass is 19.4. The van der Waals surface area contributed by atoms with Gasteiger partial charge in [-0.3, -0.25) is 14.6 Å². The molecule has 0 aromatic carbocycles. The smallest absolute Gasteiger partial charge is 0.425 e. The van der Waals surface area contributed by atoms with Gasteiger partial charge < -0.3 is 14.4 Å². The Kier molecular flexibility index (Phi) is 6.00. The molecule has 1 unspecified atom stereocenters. The lowest BCUT2D eigenvalue weighted by Gasteiger charge is -2.58. The molecule has 4 rings (SSSR count). The maximum atomic E-state index is 13.4. The molecular weight excluding hydrogens is 437 g/mol. The number of carbonyl (C=O) groups excluding carboxylic acids is 2. The summed E-state index contributed by atoms with van der Waals surface area (Å²) in [5, 5.41) is 0. The second-order valence-corrected chi connectivity index (χ2v) is 10.7. The van der Waals surface area contributed by atoms with Gasteiger partial charge in [-0.1, -0.05) is 20.8 Å². The molecule has 1 amide bonds. The highest BCUT2D eigenvalue weighted by molar-refractivity contribution is 5.98. The van der Waals surface area contributed by atoms with Crippen LogP contribution in [-0.4, -0.2) is 59.2 Å². The Balaban J connectivity index is 1.54. The topological polar surface area (TPSA) is 68.7 Å². The Morgan fingerprint density at radius 3 is 2.39 bits per heavy atom. The zero-order valence-electron chi connectivity index (χ0n) is 19.5. The number of likely N-dealkylation sites (tertiary alicyclic amines) is 1. The van der Waals surface area contributed by atoms with E-state index in [4.69, 9.17) is 9.47 Å². The number of hydrogen-bond acceptors (Lipinski definition) is 5. The summed E-state index contributed by atoms with van der Waals surface area (Å²) in [6.07, 6.45) is -2.53. The van der Waals surface area contributed by atoms with Crippen molar-refractivity contribution in [3.05, 3.63) is 23.5 Å². The third-order valence-electron chi connectivity index (χ3n) is 7.08. The van der Waals surface area contributed by atoms with Gasteiger partial charge in [-0.25, -0.2) is 0 Å². The summed E-state index contributed by atoms with van der Waals surface area (Å²) in [5.41, 5.74) is -0.0934. The van der Waals surface area contributed by atoms with E-state index in [1.807, 2.05) is 25.7 Å². The number of ether oxygens (including phenoxy) is 2. The Morgan fingerprint density at radius 2 is 1.94 bits per heavy atom. The number of amides is 1. The number of alkyl halides is 3. The number of aromatic nitrogens is 1. The maximum absolute atomic E-state index is 13.4. The van der Waals surface area contributed by atoms with Gasteiger partial charge in [-0.15, -0.1) is 0 Å². The molecule has 0 radical (unpaired) electrons. The van der Waals surface area contributed by atoms with Crippen molar-refractivity contribution >= 4 is 11.7 Å². The second kappa shape index (κ2) is 8.25. The summed E-state index contributed by atoms with van der Waals surface area (Å²) < 4.78 is 49.8. The molecule has 33 heavy (non-hydrogen) atoms.